The number of hydrogen-bond donors (Lipinski definition) is 0. The average Bonchev–Trinajstić information content (AvgIpc) is 2.79. The van der Waals surface area contributed by atoms with Crippen molar-refractivity contribution in [2.75, 3.05) is 0 Å². The average molecular weight is 492 g/mol. The van der Waals surface area contributed by atoms with E-state index in [2.05, 4.69) is 129 Å². The Morgan fingerprint density at radius 3 is 1.18 bits per heavy atom. The van der Waals surface area contributed by atoms with Crippen LogP contribution in [0.5, 0.6) is 0 Å². The molecule has 0 saturated carbocycles. The second kappa shape index (κ2) is 8.89. The molecule has 4 aromatic carbocycles. The summed E-state index contributed by atoms with van der Waals surface area (Å²) in [5.41, 5.74) is 10.2. The van der Waals surface area contributed by atoms with Gasteiger partial charge < -0.3 is 0 Å². The summed E-state index contributed by atoms with van der Waals surface area (Å²) in [6.07, 6.45) is 0. The van der Waals surface area contributed by atoms with E-state index in [1.807, 2.05) is 0 Å². The van der Waals surface area contributed by atoms with Gasteiger partial charge in [0.15, 0.2) is 0 Å². The van der Waals surface area contributed by atoms with Gasteiger partial charge in [0.1, 0.15) is 0 Å². The zero-order chi connectivity index (χ0) is 19.3. The molecule has 0 saturated heterocycles. The molecule has 138 valence electrons. The van der Waals surface area contributed by atoms with E-state index in [1.165, 1.54) is 44.5 Å². The van der Waals surface area contributed by atoms with Crippen LogP contribution in [0.15, 0.2) is 97.1 Å². The molecule has 0 fully saturated rings. The second-order valence-corrected chi connectivity index (χ2v) is 7.86. The Labute approximate surface area is 183 Å². The predicted molar refractivity (Wildman–Crippen MR) is 128 cm³/mol. The van der Waals surface area contributed by atoms with Crippen molar-refractivity contribution in [1.29, 1.82) is 0 Å². The summed E-state index contributed by atoms with van der Waals surface area (Å²) in [4.78, 5) is 0. The van der Waals surface area contributed by atoms with Crippen LogP contribution in [0.1, 0.15) is 11.1 Å². The van der Waals surface area contributed by atoms with Crippen molar-refractivity contribution < 1.29 is 0 Å². The Morgan fingerprint density at radius 1 is 0.429 bits per heavy atom. The summed E-state index contributed by atoms with van der Waals surface area (Å²) in [5.74, 6) is 0. The first-order valence-corrected chi connectivity index (χ1v) is 11.5. The molecule has 4 rings (SSSR count). The lowest BCUT2D eigenvalue weighted by Gasteiger charge is -2.15. The van der Waals surface area contributed by atoms with Gasteiger partial charge in [0.2, 0.25) is 0 Å². The smallest absolute Gasteiger partial charge is 0.0289 e. The fourth-order valence-corrected chi connectivity index (χ4v) is 4.48. The summed E-state index contributed by atoms with van der Waals surface area (Å²) < 4.78 is 0. The number of rotatable bonds is 5. The normalized spacial score (nSPS) is 10.8. The highest BCUT2D eigenvalue weighted by Crippen LogP contribution is 2.35. The van der Waals surface area contributed by atoms with Crippen LogP contribution >= 0.6 is 31.9 Å². The van der Waals surface area contributed by atoms with Crippen LogP contribution in [0.2, 0.25) is 0 Å². The van der Waals surface area contributed by atoms with E-state index in [4.69, 9.17) is 0 Å². The molecular weight excluding hydrogens is 472 g/mol. The van der Waals surface area contributed by atoms with Crippen molar-refractivity contribution in [3.05, 3.63) is 108 Å². The van der Waals surface area contributed by atoms with Crippen LogP contribution in [0, 0.1) is 0 Å². The van der Waals surface area contributed by atoms with Gasteiger partial charge in [-0.25, -0.2) is 0 Å². The summed E-state index contributed by atoms with van der Waals surface area (Å²) >= 11 is 7.40. The van der Waals surface area contributed by atoms with Gasteiger partial charge >= 0.3 is 0 Å². The van der Waals surface area contributed by atoms with E-state index in [9.17, 15) is 0 Å². The van der Waals surface area contributed by atoms with E-state index in [0.717, 1.165) is 10.7 Å². The SMILES string of the molecule is BrCc1cc(-c2ccccc2)ccc1-c1ccc(-c2ccccc2)cc1CBr. The lowest BCUT2D eigenvalue weighted by molar-refractivity contribution is 1.38. The van der Waals surface area contributed by atoms with Gasteiger partial charge in [-0.2, -0.15) is 0 Å². The number of hydrogen-bond acceptors (Lipinski definition) is 0. The van der Waals surface area contributed by atoms with Crippen molar-refractivity contribution in [1.82, 2.24) is 0 Å². The first-order chi connectivity index (χ1) is 13.8. The Morgan fingerprint density at radius 2 is 0.821 bits per heavy atom. The van der Waals surface area contributed by atoms with E-state index in [-0.39, 0.29) is 0 Å². The highest BCUT2D eigenvalue weighted by molar-refractivity contribution is 9.08. The molecule has 0 aliphatic heterocycles. The van der Waals surface area contributed by atoms with Crippen LogP contribution in [0.25, 0.3) is 33.4 Å². The fraction of sp³-hybridized carbons (Fsp3) is 0.0769. The quantitative estimate of drug-likeness (QED) is 0.245. The van der Waals surface area contributed by atoms with Crippen molar-refractivity contribution in [3.63, 3.8) is 0 Å². The molecule has 0 bridgehead atoms. The van der Waals surface area contributed by atoms with Crippen molar-refractivity contribution in [2.45, 2.75) is 10.7 Å². The third-order valence-electron chi connectivity index (χ3n) is 5.00. The molecule has 0 nitrogen and oxygen atoms in total. The number of alkyl halides is 2. The van der Waals surface area contributed by atoms with Gasteiger partial charge in [-0.15, -0.1) is 0 Å². The first-order valence-electron chi connectivity index (χ1n) is 9.29. The highest BCUT2D eigenvalue weighted by atomic mass is 79.9. The van der Waals surface area contributed by atoms with Crippen LogP contribution in [0.4, 0.5) is 0 Å². The second-order valence-electron chi connectivity index (χ2n) is 6.74. The van der Waals surface area contributed by atoms with Crippen LogP contribution in [0.3, 0.4) is 0 Å². The molecule has 0 heterocycles. The van der Waals surface area contributed by atoms with E-state index in [1.54, 1.807) is 0 Å². The Hall–Kier alpha value is -2.16. The Kier molecular flexibility index (Phi) is 6.09. The molecule has 0 radical (unpaired) electrons. The van der Waals surface area contributed by atoms with E-state index >= 15 is 0 Å². The summed E-state index contributed by atoms with van der Waals surface area (Å²) in [5, 5.41) is 1.65. The molecule has 0 spiro atoms. The van der Waals surface area contributed by atoms with Crippen LogP contribution in [-0.2, 0) is 10.7 Å². The summed E-state index contributed by atoms with van der Waals surface area (Å²) in [7, 11) is 0. The first kappa shape index (κ1) is 19.2. The van der Waals surface area contributed by atoms with Gasteiger partial charge in [0.05, 0.1) is 0 Å². The lowest BCUT2D eigenvalue weighted by Crippen LogP contribution is -1.93. The van der Waals surface area contributed by atoms with Gasteiger partial charge in [-0.1, -0.05) is 117 Å². The van der Waals surface area contributed by atoms with E-state index < -0.39 is 0 Å². The molecule has 0 aromatic heterocycles. The molecule has 0 aliphatic rings. The summed E-state index contributed by atoms with van der Waals surface area (Å²) in [6.45, 7) is 0. The predicted octanol–water partition coefficient (Wildman–Crippen LogP) is 8.48. The topological polar surface area (TPSA) is 0 Å². The molecule has 0 unspecified atom stereocenters. The standard InChI is InChI=1S/C26H20Br2/c27-17-23-15-21(19-7-3-1-4-8-19)11-13-25(23)26-14-12-22(16-24(26)18-28)20-9-5-2-6-10-20/h1-16H,17-18H2. The third kappa shape index (κ3) is 3.99. The maximum atomic E-state index is 3.70. The minimum atomic E-state index is 0.825. The lowest BCUT2D eigenvalue weighted by atomic mass is 9.91. The van der Waals surface area contributed by atoms with E-state index in [0.29, 0.717) is 0 Å². The zero-order valence-electron chi connectivity index (χ0n) is 15.4. The van der Waals surface area contributed by atoms with Crippen molar-refractivity contribution in [2.24, 2.45) is 0 Å². The minimum Gasteiger partial charge on any atom is -0.0876 e. The monoisotopic (exact) mass is 490 g/mol. The van der Waals surface area contributed by atoms with Crippen molar-refractivity contribution in [3.8, 4) is 33.4 Å². The number of benzene rings is 4. The molecular formula is C26H20Br2. The van der Waals surface area contributed by atoms with Gasteiger partial charge in [-0.3, -0.25) is 0 Å². The zero-order valence-corrected chi connectivity index (χ0v) is 18.6. The third-order valence-corrected chi connectivity index (χ3v) is 6.21. The molecule has 2 heteroatoms. The molecule has 28 heavy (non-hydrogen) atoms. The fourth-order valence-electron chi connectivity index (χ4n) is 3.55. The van der Waals surface area contributed by atoms with Gasteiger partial charge in [0.25, 0.3) is 0 Å². The maximum Gasteiger partial charge on any atom is 0.0289 e. The minimum absolute atomic E-state index is 0.825. The van der Waals surface area contributed by atoms with Gasteiger partial charge in [-0.05, 0) is 56.6 Å². The highest BCUT2D eigenvalue weighted by Gasteiger charge is 2.12. The van der Waals surface area contributed by atoms with Crippen LogP contribution in [-0.4, -0.2) is 0 Å². The summed E-state index contributed by atoms with van der Waals surface area (Å²) in [6, 6.07) is 34.6. The maximum absolute atomic E-state index is 3.70. The molecule has 0 atom stereocenters. The molecule has 4 aromatic rings. The molecule has 0 N–H and O–H groups in total. The molecule has 0 amide bonds. The number of halogens is 2. The Bertz CT molecular complexity index is 981. The van der Waals surface area contributed by atoms with Gasteiger partial charge in [0, 0.05) is 10.7 Å². The Balaban J connectivity index is 1.78. The van der Waals surface area contributed by atoms with Crippen molar-refractivity contribution >= 4 is 31.9 Å². The van der Waals surface area contributed by atoms with Crippen LogP contribution < -0.4 is 0 Å². The largest absolute Gasteiger partial charge is 0.0876 e. The molecule has 0 aliphatic carbocycles.